The lowest BCUT2D eigenvalue weighted by molar-refractivity contribution is 0.476. The Morgan fingerprint density at radius 1 is 0.387 bits per heavy atom. The third-order valence-corrected chi connectivity index (χ3v) is 12.6. The number of benzene rings is 10. The molecule has 0 aliphatic carbocycles. The Hall–Kier alpha value is -8.34. The fourth-order valence-corrected chi connectivity index (χ4v) is 9.70. The number of anilines is 3. The molecule has 0 bridgehead atoms. The molecule has 0 fully saturated rings. The molecule has 0 unspecified atom stereocenters. The standard InChI is InChI=1S/C58H36N2O2/c1-2-13-39-35-42(27-26-37(39)12-1)41-15-9-14-40(34-41)38-28-31-44(32-29-38)59(52-21-11-24-55-57(52)47-17-4-7-22-53(47)61-55)49-19-5-3-16-45(49)43-30-33-50-48(36-43)46-18-10-25-56-58(46)60(50)51-20-6-8-23-54(51)62-56/h1-36H. The summed E-state index contributed by atoms with van der Waals surface area (Å²) in [6.07, 6.45) is 0. The summed E-state index contributed by atoms with van der Waals surface area (Å²) in [6.45, 7) is 0. The largest absolute Gasteiger partial charge is 0.456 e. The second kappa shape index (κ2) is 13.6. The molecule has 3 heterocycles. The van der Waals surface area contributed by atoms with Gasteiger partial charge in [-0.25, -0.2) is 0 Å². The molecule has 1 aliphatic rings. The maximum absolute atomic E-state index is 6.48. The van der Waals surface area contributed by atoms with Gasteiger partial charge in [-0.15, -0.1) is 0 Å². The van der Waals surface area contributed by atoms with Crippen molar-refractivity contribution >= 4 is 71.6 Å². The van der Waals surface area contributed by atoms with Gasteiger partial charge in [-0.3, -0.25) is 0 Å². The maximum atomic E-state index is 6.48. The molecule has 0 amide bonds. The monoisotopic (exact) mass is 792 g/mol. The highest BCUT2D eigenvalue weighted by molar-refractivity contribution is 6.15. The van der Waals surface area contributed by atoms with Crippen LogP contribution in [0.5, 0.6) is 11.5 Å². The third kappa shape index (κ3) is 5.33. The molecular formula is C58H36N2O2. The summed E-state index contributed by atoms with van der Waals surface area (Å²) < 4.78 is 15.3. The minimum atomic E-state index is 0.853. The van der Waals surface area contributed by atoms with E-state index in [-0.39, 0.29) is 0 Å². The van der Waals surface area contributed by atoms with Gasteiger partial charge in [0.25, 0.3) is 0 Å². The predicted octanol–water partition coefficient (Wildman–Crippen LogP) is 16.4. The van der Waals surface area contributed by atoms with Crippen LogP contribution in [0.3, 0.4) is 0 Å². The van der Waals surface area contributed by atoms with Crippen LogP contribution in [0, 0.1) is 0 Å². The molecular weight excluding hydrogens is 757 g/mol. The van der Waals surface area contributed by atoms with Gasteiger partial charge in [0.05, 0.1) is 33.5 Å². The van der Waals surface area contributed by atoms with E-state index in [1.807, 2.05) is 18.2 Å². The second-order valence-electron chi connectivity index (χ2n) is 16.1. The fourth-order valence-electron chi connectivity index (χ4n) is 9.70. The van der Waals surface area contributed by atoms with Gasteiger partial charge in [0.15, 0.2) is 11.5 Å². The second-order valence-corrected chi connectivity index (χ2v) is 16.1. The van der Waals surface area contributed by atoms with Crippen molar-refractivity contribution in [3.8, 4) is 50.6 Å². The molecule has 0 spiro atoms. The SMILES string of the molecule is c1cc(-c2ccc(N(c3ccccc3-c3ccc4c(c3)c3cccc5c3n4-c3ccccc3O5)c3cccc4oc5ccccc5c34)cc2)cc(-c2ccc3ccccc3c2)c1. The van der Waals surface area contributed by atoms with Crippen molar-refractivity contribution in [2.45, 2.75) is 0 Å². The minimum Gasteiger partial charge on any atom is -0.456 e. The van der Waals surface area contributed by atoms with Crippen LogP contribution in [0.25, 0.3) is 93.6 Å². The normalized spacial score (nSPS) is 12.0. The van der Waals surface area contributed by atoms with Gasteiger partial charge in [-0.1, -0.05) is 140 Å². The molecule has 62 heavy (non-hydrogen) atoms. The summed E-state index contributed by atoms with van der Waals surface area (Å²) in [5, 5.41) is 6.99. The van der Waals surface area contributed by atoms with Crippen LogP contribution in [-0.2, 0) is 0 Å². The number of fused-ring (bicyclic) bond motifs is 9. The molecule has 0 atom stereocenters. The first-order valence-corrected chi connectivity index (χ1v) is 21.1. The van der Waals surface area contributed by atoms with E-state index >= 15 is 0 Å². The number of hydrogen-bond donors (Lipinski definition) is 0. The Kier molecular flexibility index (Phi) is 7.57. The first kappa shape index (κ1) is 34.5. The van der Waals surface area contributed by atoms with E-state index in [2.05, 4.69) is 210 Å². The fraction of sp³-hybridized carbons (Fsp3) is 0. The zero-order valence-corrected chi connectivity index (χ0v) is 33.5. The van der Waals surface area contributed by atoms with Crippen molar-refractivity contribution < 1.29 is 9.15 Å². The van der Waals surface area contributed by atoms with E-state index in [9.17, 15) is 0 Å². The molecule has 2 aromatic heterocycles. The first-order chi connectivity index (χ1) is 30.7. The maximum Gasteiger partial charge on any atom is 0.152 e. The van der Waals surface area contributed by atoms with Crippen molar-refractivity contribution in [1.29, 1.82) is 0 Å². The topological polar surface area (TPSA) is 30.5 Å². The van der Waals surface area contributed by atoms with Crippen molar-refractivity contribution in [2.24, 2.45) is 0 Å². The molecule has 0 N–H and O–H groups in total. The molecule has 13 rings (SSSR count). The average Bonchev–Trinajstić information content (AvgIpc) is 3.89. The van der Waals surface area contributed by atoms with Crippen molar-refractivity contribution in [3.05, 3.63) is 218 Å². The molecule has 0 saturated heterocycles. The molecule has 290 valence electrons. The Bertz CT molecular complexity index is 3740. The Morgan fingerprint density at radius 3 is 1.98 bits per heavy atom. The summed E-state index contributed by atoms with van der Waals surface area (Å²) in [6, 6.07) is 78.1. The van der Waals surface area contributed by atoms with Crippen LogP contribution >= 0.6 is 0 Å². The van der Waals surface area contributed by atoms with Crippen LogP contribution in [0.2, 0.25) is 0 Å². The lowest BCUT2D eigenvalue weighted by Crippen LogP contribution is -2.11. The van der Waals surface area contributed by atoms with Gasteiger partial charge in [-0.2, -0.15) is 0 Å². The van der Waals surface area contributed by atoms with E-state index < -0.39 is 0 Å². The zero-order valence-electron chi connectivity index (χ0n) is 33.5. The van der Waals surface area contributed by atoms with Gasteiger partial charge < -0.3 is 18.6 Å². The van der Waals surface area contributed by atoms with E-state index in [0.29, 0.717) is 0 Å². The highest BCUT2D eigenvalue weighted by Gasteiger charge is 2.25. The minimum absolute atomic E-state index is 0.853. The predicted molar refractivity (Wildman–Crippen MR) is 257 cm³/mol. The van der Waals surface area contributed by atoms with Crippen LogP contribution in [0.1, 0.15) is 0 Å². The number of nitrogens with zero attached hydrogens (tertiary/aromatic N) is 2. The van der Waals surface area contributed by atoms with Gasteiger partial charge in [0.1, 0.15) is 11.2 Å². The Morgan fingerprint density at radius 2 is 1.05 bits per heavy atom. The number of para-hydroxylation sites is 5. The molecule has 4 nitrogen and oxygen atoms in total. The van der Waals surface area contributed by atoms with Gasteiger partial charge >= 0.3 is 0 Å². The van der Waals surface area contributed by atoms with Gasteiger partial charge in [0, 0.05) is 27.4 Å². The molecule has 1 aliphatic heterocycles. The summed E-state index contributed by atoms with van der Waals surface area (Å²) in [4.78, 5) is 2.40. The number of hydrogen-bond acceptors (Lipinski definition) is 3. The van der Waals surface area contributed by atoms with E-state index in [0.717, 1.165) is 89.3 Å². The molecule has 12 aromatic rings. The number of rotatable bonds is 6. The van der Waals surface area contributed by atoms with E-state index in [1.165, 1.54) is 32.8 Å². The van der Waals surface area contributed by atoms with E-state index in [1.54, 1.807) is 0 Å². The first-order valence-electron chi connectivity index (χ1n) is 21.1. The summed E-state index contributed by atoms with van der Waals surface area (Å²) >= 11 is 0. The Balaban J connectivity index is 0.974. The van der Waals surface area contributed by atoms with Crippen LogP contribution in [0.15, 0.2) is 223 Å². The lowest BCUT2D eigenvalue weighted by Gasteiger charge is -2.28. The van der Waals surface area contributed by atoms with Crippen LogP contribution < -0.4 is 9.64 Å². The molecule has 10 aromatic carbocycles. The van der Waals surface area contributed by atoms with Crippen LogP contribution in [0.4, 0.5) is 17.1 Å². The van der Waals surface area contributed by atoms with Crippen molar-refractivity contribution in [1.82, 2.24) is 4.57 Å². The number of furan rings is 1. The number of ether oxygens (including phenoxy) is 1. The molecule has 0 saturated carbocycles. The van der Waals surface area contributed by atoms with Crippen molar-refractivity contribution in [3.63, 3.8) is 0 Å². The van der Waals surface area contributed by atoms with Crippen LogP contribution in [-0.4, -0.2) is 4.57 Å². The van der Waals surface area contributed by atoms with Gasteiger partial charge in [0.2, 0.25) is 0 Å². The quantitative estimate of drug-likeness (QED) is 0.168. The van der Waals surface area contributed by atoms with E-state index in [4.69, 9.17) is 9.15 Å². The molecule has 0 radical (unpaired) electrons. The average molecular weight is 793 g/mol. The lowest BCUT2D eigenvalue weighted by atomic mass is 9.96. The zero-order chi connectivity index (χ0) is 40.7. The third-order valence-electron chi connectivity index (χ3n) is 12.6. The summed E-state index contributed by atoms with van der Waals surface area (Å²) in [5.41, 5.74) is 15.2. The summed E-state index contributed by atoms with van der Waals surface area (Å²) in [5.74, 6) is 1.73. The highest BCUT2D eigenvalue weighted by atomic mass is 16.5. The highest BCUT2D eigenvalue weighted by Crippen LogP contribution is 2.49. The summed E-state index contributed by atoms with van der Waals surface area (Å²) in [7, 11) is 0. The van der Waals surface area contributed by atoms with Crippen molar-refractivity contribution in [2.75, 3.05) is 4.90 Å². The molecule has 4 heteroatoms. The smallest absolute Gasteiger partial charge is 0.152 e. The van der Waals surface area contributed by atoms with Gasteiger partial charge in [-0.05, 0) is 117 Å². The number of aromatic nitrogens is 1. The Labute approximate surface area is 357 Å².